The standard InChI is InChI=1S/C17H26FN3O/c1-3-19-16(21-12-17(22)8-4-5-9-17)20-11-14-7-6-13(2)15(18)10-14/h6-7,10,22H,3-5,8-9,11-12H2,1-2H3,(H2,19,20,21). The van der Waals surface area contributed by atoms with E-state index >= 15 is 0 Å². The molecule has 0 bridgehead atoms. The molecule has 1 aliphatic rings. The molecule has 5 heteroatoms. The highest BCUT2D eigenvalue weighted by atomic mass is 19.1. The molecule has 1 aromatic rings. The van der Waals surface area contributed by atoms with Gasteiger partial charge in [-0.3, -0.25) is 0 Å². The molecule has 0 spiro atoms. The van der Waals surface area contributed by atoms with Crippen LogP contribution < -0.4 is 10.6 Å². The molecule has 2 rings (SSSR count). The molecule has 1 aliphatic carbocycles. The number of rotatable bonds is 5. The number of benzene rings is 1. The van der Waals surface area contributed by atoms with E-state index in [1.54, 1.807) is 13.0 Å². The number of hydrogen-bond acceptors (Lipinski definition) is 2. The van der Waals surface area contributed by atoms with Gasteiger partial charge in [0.15, 0.2) is 5.96 Å². The number of halogens is 1. The van der Waals surface area contributed by atoms with Crippen molar-refractivity contribution in [3.63, 3.8) is 0 Å². The Labute approximate surface area is 131 Å². The summed E-state index contributed by atoms with van der Waals surface area (Å²) in [7, 11) is 0. The average Bonchev–Trinajstić information content (AvgIpc) is 2.93. The van der Waals surface area contributed by atoms with Crippen molar-refractivity contribution >= 4 is 5.96 Å². The molecule has 122 valence electrons. The Morgan fingerprint density at radius 3 is 2.68 bits per heavy atom. The summed E-state index contributed by atoms with van der Waals surface area (Å²) in [6, 6.07) is 5.17. The van der Waals surface area contributed by atoms with Gasteiger partial charge < -0.3 is 15.7 Å². The Bertz CT molecular complexity index is 525. The summed E-state index contributed by atoms with van der Waals surface area (Å²) in [4.78, 5) is 4.46. The fourth-order valence-corrected chi connectivity index (χ4v) is 2.70. The quantitative estimate of drug-likeness (QED) is 0.579. The predicted octanol–water partition coefficient (Wildman–Crippen LogP) is 2.49. The Hall–Kier alpha value is -1.62. The lowest BCUT2D eigenvalue weighted by molar-refractivity contribution is 0.0522. The molecule has 1 fully saturated rings. The lowest BCUT2D eigenvalue weighted by Crippen LogP contribution is -2.46. The lowest BCUT2D eigenvalue weighted by atomic mass is 10.0. The third-order valence-corrected chi connectivity index (χ3v) is 4.12. The van der Waals surface area contributed by atoms with E-state index in [4.69, 9.17) is 0 Å². The Balaban J connectivity index is 1.95. The van der Waals surface area contributed by atoms with E-state index in [-0.39, 0.29) is 5.82 Å². The van der Waals surface area contributed by atoms with Gasteiger partial charge in [-0.1, -0.05) is 25.0 Å². The molecule has 4 nitrogen and oxygen atoms in total. The van der Waals surface area contributed by atoms with Gasteiger partial charge in [0.05, 0.1) is 12.1 Å². The molecule has 22 heavy (non-hydrogen) atoms. The fraction of sp³-hybridized carbons (Fsp3) is 0.588. The summed E-state index contributed by atoms with van der Waals surface area (Å²) in [6.45, 7) is 5.39. The summed E-state index contributed by atoms with van der Waals surface area (Å²) in [5, 5.41) is 16.7. The number of aryl methyl sites for hydroxylation is 1. The third kappa shape index (κ3) is 4.70. The van der Waals surface area contributed by atoms with Gasteiger partial charge >= 0.3 is 0 Å². The summed E-state index contributed by atoms with van der Waals surface area (Å²) in [5.74, 6) is 0.453. The highest BCUT2D eigenvalue weighted by molar-refractivity contribution is 5.79. The predicted molar refractivity (Wildman–Crippen MR) is 87.4 cm³/mol. The number of hydrogen-bond donors (Lipinski definition) is 3. The van der Waals surface area contributed by atoms with E-state index in [0.717, 1.165) is 37.8 Å². The molecule has 0 heterocycles. The van der Waals surface area contributed by atoms with Crippen molar-refractivity contribution < 1.29 is 9.50 Å². The van der Waals surface area contributed by atoms with Gasteiger partial charge in [0, 0.05) is 13.1 Å². The molecule has 0 atom stereocenters. The van der Waals surface area contributed by atoms with E-state index in [2.05, 4.69) is 15.6 Å². The van der Waals surface area contributed by atoms with Gasteiger partial charge in [-0.15, -0.1) is 0 Å². The molecule has 0 amide bonds. The van der Waals surface area contributed by atoms with E-state index in [1.165, 1.54) is 6.07 Å². The van der Waals surface area contributed by atoms with E-state index < -0.39 is 5.60 Å². The third-order valence-electron chi connectivity index (χ3n) is 4.12. The first-order chi connectivity index (χ1) is 10.5. The number of nitrogens with zero attached hydrogens (tertiary/aromatic N) is 1. The Morgan fingerprint density at radius 1 is 1.32 bits per heavy atom. The molecule has 0 aliphatic heterocycles. The number of aliphatic hydroxyl groups is 1. The summed E-state index contributed by atoms with van der Waals surface area (Å²) < 4.78 is 13.5. The van der Waals surface area contributed by atoms with Crippen LogP contribution in [0.25, 0.3) is 0 Å². The molecule has 0 unspecified atom stereocenters. The first kappa shape index (κ1) is 16.7. The van der Waals surface area contributed by atoms with Gasteiger partial charge in [0.1, 0.15) is 5.82 Å². The maximum absolute atomic E-state index is 13.5. The van der Waals surface area contributed by atoms with Crippen LogP contribution in [-0.4, -0.2) is 29.8 Å². The maximum Gasteiger partial charge on any atom is 0.191 e. The zero-order valence-electron chi connectivity index (χ0n) is 13.5. The van der Waals surface area contributed by atoms with E-state index in [1.807, 2.05) is 13.0 Å². The van der Waals surface area contributed by atoms with Gasteiger partial charge in [-0.2, -0.15) is 0 Å². The lowest BCUT2D eigenvalue weighted by Gasteiger charge is -2.23. The second-order valence-corrected chi connectivity index (χ2v) is 6.06. The van der Waals surface area contributed by atoms with Crippen LogP contribution in [0.3, 0.4) is 0 Å². The van der Waals surface area contributed by atoms with Gasteiger partial charge in [-0.05, 0) is 43.9 Å². The van der Waals surface area contributed by atoms with Crippen LogP contribution in [0.1, 0.15) is 43.7 Å². The normalized spacial score (nSPS) is 17.5. The minimum Gasteiger partial charge on any atom is -0.388 e. The van der Waals surface area contributed by atoms with Crippen LogP contribution in [0, 0.1) is 12.7 Å². The van der Waals surface area contributed by atoms with Crippen LogP contribution in [0.4, 0.5) is 4.39 Å². The zero-order chi connectivity index (χ0) is 16.0. The summed E-state index contributed by atoms with van der Waals surface area (Å²) >= 11 is 0. The first-order valence-corrected chi connectivity index (χ1v) is 8.02. The van der Waals surface area contributed by atoms with Gasteiger partial charge in [0.2, 0.25) is 0 Å². The second-order valence-electron chi connectivity index (χ2n) is 6.06. The fourth-order valence-electron chi connectivity index (χ4n) is 2.70. The van der Waals surface area contributed by atoms with E-state index in [0.29, 0.717) is 24.6 Å². The minimum absolute atomic E-state index is 0.203. The van der Waals surface area contributed by atoms with Crippen LogP contribution in [0.5, 0.6) is 0 Å². The molecular weight excluding hydrogens is 281 g/mol. The first-order valence-electron chi connectivity index (χ1n) is 8.02. The SMILES string of the molecule is CCNC(=NCc1ccc(C)c(F)c1)NCC1(O)CCCC1. The van der Waals surface area contributed by atoms with Crippen LogP contribution in [0.2, 0.25) is 0 Å². The van der Waals surface area contributed by atoms with Crippen molar-refractivity contribution in [2.24, 2.45) is 4.99 Å². The van der Waals surface area contributed by atoms with Crippen molar-refractivity contribution in [2.45, 2.75) is 51.7 Å². The van der Waals surface area contributed by atoms with Gasteiger partial charge in [0.25, 0.3) is 0 Å². The summed E-state index contributed by atoms with van der Waals surface area (Å²) in [6.07, 6.45) is 3.83. The second kappa shape index (κ2) is 7.58. The number of aliphatic imine (C=N–C) groups is 1. The smallest absolute Gasteiger partial charge is 0.191 e. The topological polar surface area (TPSA) is 56.7 Å². The Kier molecular flexibility index (Phi) is 5.77. The Morgan fingerprint density at radius 2 is 2.05 bits per heavy atom. The molecule has 1 aromatic carbocycles. The molecule has 0 radical (unpaired) electrons. The molecule has 3 N–H and O–H groups in total. The van der Waals surface area contributed by atoms with E-state index in [9.17, 15) is 9.50 Å². The van der Waals surface area contributed by atoms with Crippen molar-refractivity contribution in [3.8, 4) is 0 Å². The highest BCUT2D eigenvalue weighted by Crippen LogP contribution is 2.28. The molecule has 0 saturated heterocycles. The van der Waals surface area contributed by atoms with Crippen molar-refractivity contribution in [3.05, 3.63) is 35.1 Å². The summed E-state index contributed by atoms with van der Waals surface area (Å²) in [5.41, 5.74) is 0.854. The van der Waals surface area contributed by atoms with Crippen LogP contribution >= 0.6 is 0 Å². The monoisotopic (exact) mass is 307 g/mol. The average molecular weight is 307 g/mol. The van der Waals surface area contributed by atoms with Gasteiger partial charge in [-0.25, -0.2) is 9.38 Å². The van der Waals surface area contributed by atoms with Crippen LogP contribution in [-0.2, 0) is 6.54 Å². The number of nitrogens with one attached hydrogen (secondary N) is 2. The van der Waals surface area contributed by atoms with Crippen molar-refractivity contribution in [2.75, 3.05) is 13.1 Å². The largest absolute Gasteiger partial charge is 0.388 e. The molecular formula is C17H26FN3O. The van der Waals surface area contributed by atoms with Crippen molar-refractivity contribution in [1.82, 2.24) is 10.6 Å². The highest BCUT2D eigenvalue weighted by Gasteiger charge is 2.30. The zero-order valence-corrected chi connectivity index (χ0v) is 13.5. The molecule has 1 saturated carbocycles. The molecule has 0 aromatic heterocycles. The maximum atomic E-state index is 13.5. The van der Waals surface area contributed by atoms with Crippen molar-refractivity contribution in [1.29, 1.82) is 0 Å². The number of guanidine groups is 1. The van der Waals surface area contributed by atoms with Crippen LogP contribution in [0.15, 0.2) is 23.2 Å². The minimum atomic E-state index is -0.619.